The van der Waals surface area contributed by atoms with Crippen LogP contribution in [0.2, 0.25) is 0 Å². The minimum Gasteiger partial charge on any atom is -0.309 e. The molecular formula is C16H26FN3. The van der Waals surface area contributed by atoms with Crippen LogP contribution in [0, 0.1) is 5.82 Å². The maximum absolute atomic E-state index is 12.9. The summed E-state index contributed by atoms with van der Waals surface area (Å²) in [7, 11) is 0. The Morgan fingerprint density at radius 2 is 2.10 bits per heavy atom. The molecule has 1 saturated heterocycles. The topological polar surface area (TPSA) is 28.2 Å². The zero-order chi connectivity index (χ0) is 14.2. The lowest BCUT2D eigenvalue weighted by Crippen LogP contribution is -2.32. The summed E-state index contributed by atoms with van der Waals surface area (Å²) in [6, 6.07) is 3.50. The van der Waals surface area contributed by atoms with Gasteiger partial charge in [-0.15, -0.1) is 0 Å². The second kappa shape index (κ2) is 8.32. The lowest BCUT2D eigenvalue weighted by molar-refractivity contribution is 0.224. The Morgan fingerprint density at radius 3 is 2.75 bits per heavy atom. The van der Waals surface area contributed by atoms with Crippen molar-refractivity contribution in [1.82, 2.24) is 15.2 Å². The van der Waals surface area contributed by atoms with Crippen molar-refractivity contribution in [3.8, 4) is 0 Å². The van der Waals surface area contributed by atoms with Gasteiger partial charge in [0.1, 0.15) is 5.82 Å². The lowest BCUT2D eigenvalue weighted by atomic mass is 10.1. The van der Waals surface area contributed by atoms with Crippen LogP contribution in [-0.4, -0.2) is 36.1 Å². The van der Waals surface area contributed by atoms with Gasteiger partial charge >= 0.3 is 0 Å². The molecule has 1 unspecified atom stereocenters. The number of halogens is 1. The van der Waals surface area contributed by atoms with Gasteiger partial charge in [-0.3, -0.25) is 4.98 Å². The zero-order valence-corrected chi connectivity index (χ0v) is 12.4. The van der Waals surface area contributed by atoms with Crippen LogP contribution in [0.4, 0.5) is 4.39 Å². The molecule has 2 heterocycles. The highest BCUT2D eigenvalue weighted by molar-refractivity contribution is 5.09. The van der Waals surface area contributed by atoms with Gasteiger partial charge in [0.15, 0.2) is 0 Å². The molecule has 2 rings (SSSR count). The van der Waals surface area contributed by atoms with Gasteiger partial charge in [0.2, 0.25) is 0 Å². The molecule has 1 aliphatic heterocycles. The van der Waals surface area contributed by atoms with E-state index in [1.54, 1.807) is 6.07 Å². The van der Waals surface area contributed by atoms with Crippen LogP contribution in [0.15, 0.2) is 18.3 Å². The number of aromatic nitrogens is 1. The Hall–Kier alpha value is -1.00. The average molecular weight is 279 g/mol. The Bertz CT molecular complexity index is 374. The average Bonchev–Trinajstić information content (AvgIpc) is 2.50. The molecule has 0 radical (unpaired) electrons. The van der Waals surface area contributed by atoms with Crippen molar-refractivity contribution in [1.29, 1.82) is 0 Å². The maximum atomic E-state index is 12.9. The number of hydrogen-bond donors (Lipinski definition) is 1. The van der Waals surface area contributed by atoms with E-state index in [9.17, 15) is 4.39 Å². The summed E-state index contributed by atoms with van der Waals surface area (Å²) < 4.78 is 12.9. The van der Waals surface area contributed by atoms with Crippen LogP contribution < -0.4 is 5.32 Å². The Kier molecular flexibility index (Phi) is 6.40. The third-order valence-corrected chi connectivity index (χ3v) is 4.01. The normalized spacial score (nSPS) is 18.1. The third-order valence-electron chi connectivity index (χ3n) is 4.01. The van der Waals surface area contributed by atoms with Gasteiger partial charge in [-0.05, 0) is 64.0 Å². The highest BCUT2D eigenvalue weighted by Gasteiger charge is 2.11. The number of hydrogen-bond acceptors (Lipinski definition) is 3. The third kappa shape index (κ3) is 4.84. The number of likely N-dealkylation sites (tertiary alicyclic amines) is 1. The van der Waals surface area contributed by atoms with Crippen molar-refractivity contribution < 1.29 is 4.39 Å². The molecular weight excluding hydrogens is 253 g/mol. The second-order valence-corrected chi connectivity index (χ2v) is 5.57. The summed E-state index contributed by atoms with van der Waals surface area (Å²) in [6.07, 6.45) is 7.53. The maximum Gasteiger partial charge on any atom is 0.141 e. The van der Waals surface area contributed by atoms with Gasteiger partial charge in [-0.1, -0.05) is 13.3 Å². The number of piperidine rings is 1. The van der Waals surface area contributed by atoms with E-state index < -0.39 is 0 Å². The van der Waals surface area contributed by atoms with Crippen molar-refractivity contribution in [2.45, 2.75) is 45.1 Å². The molecule has 0 aromatic carbocycles. The van der Waals surface area contributed by atoms with Gasteiger partial charge in [0.25, 0.3) is 0 Å². The van der Waals surface area contributed by atoms with Crippen molar-refractivity contribution in [2.24, 2.45) is 0 Å². The SMILES string of the molecule is CCC(NCCCN1CCCCC1)c1ccc(F)cn1. The van der Waals surface area contributed by atoms with Crippen LogP contribution in [0.3, 0.4) is 0 Å². The minimum absolute atomic E-state index is 0.233. The van der Waals surface area contributed by atoms with E-state index in [4.69, 9.17) is 0 Å². The standard InChI is InChI=1S/C16H26FN3/c1-2-15(16-8-7-14(17)13-19-16)18-9-6-12-20-10-4-3-5-11-20/h7-8,13,15,18H,2-6,9-12H2,1H3. The molecule has 1 aliphatic rings. The first-order valence-corrected chi connectivity index (χ1v) is 7.87. The molecule has 1 aromatic heterocycles. The van der Waals surface area contributed by atoms with Gasteiger partial charge in [-0.2, -0.15) is 0 Å². The second-order valence-electron chi connectivity index (χ2n) is 5.57. The predicted molar refractivity (Wildman–Crippen MR) is 80.1 cm³/mol. The molecule has 0 spiro atoms. The number of pyridine rings is 1. The predicted octanol–water partition coefficient (Wildman–Crippen LogP) is 3.14. The molecule has 20 heavy (non-hydrogen) atoms. The summed E-state index contributed by atoms with van der Waals surface area (Å²) in [6.45, 7) is 6.83. The lowest BCUT2D eigenvalue weighted by Gasteiger charge is -2.26. The summed E-state index contributed by atoms with van der Waals surface area (Å²) in [4.78, 5) is 6.73. The van der Waals surface area contributed by atoms with E-state index in [0.29, 0.717) is 0 Å². The molecule has 3 nitrogen and oxygen atoms in total. The largest absolute Gasteiger partial charge is 0.309 e. The van der Waals surface area contributed by atoms with Crippen molar-refractivity contribution in [3.63, 3.8) is 0 Å². The van der Waals surface area contributed by atoms with Crippen molar-refractivity contribution >= 4 is 0 Å². The van der Waals surface area contributed by atoms with E-state index in [0.717, 1.165) is 25.1 Å². The fourth-order valence-corrected chi connectivity index (χ4v) is 2.81. The molecule has 0 saturated carbocycles. The fraction of sp³-hybridized carbons (Fsp3) is 0.688. The first-order valence-electron chi connectivity index (χ1n) is 7.87. The molecule has 0 aliphatic carbocycles. The van der Waals surface area contributed by atoms with Crippen LogP contribution in [0.1, 0.15) is 50.8 Å². The van der Waals surface area contributed by atoms with Gasteiger partial charge < -0.3 is 10.2 Å². The number of rotatable bonds is 7. The van der Waals surface area contributed by atoms with E-state index in [1.165, 1.54) is 51.2 Å². The van der Waals surface area contributed by atoms with E-state index >= 15 is 0 Å². The highest BCUT2D eigenvalue weighted by Crippen LogP contribution is 2.14. The molecule has 0 bridgehead atoms. The summed E-state index contributed by atoms with van der Waals surface area (Å²) in [5, 5.41) is 3.53. The Balaban J connectivity index is 1.69. The van der Waals surface area contributed by atoms with Crippen LogP contribution in [0.5, 0.6) is 0 Å². The molecule has 0 amide bonds. The highest BCUT2D eigenvalue weighted by atomic mass is 19.1. The summed E-state index contributed by atoms with van der Waals surface area (Å²) in [5.74, 6) is -0.270. The molecule has 1 fully saturated rings. The van der Waals surface area contributed by atoms with Gasteiger partial charge in [-0.25, -0.2) is 4.39 Å². The summed E-state index contributed by atoms with van der Waals surface area (Å²) in [5.41, 5.74) is 0.937. The molecule has 112 valence electrons. The number of nitrogens with zero attached hydrogens (tertiary/aromatic N) is 2. The molecule has 1 atom stereocenters. The zero-order valence-electron chi connectivity index (χ0n) is 12.4. The monoisotopic (exact) mass is 279 g/mol. The summed E-state index contributed by atoms with van der Waals surface area (Å²) >= 11 is 0. The molecule has 4 heteroatoms. The quantitative estimate of drug-likeness (QED) is 0.777. The van der Waals surface area contributed by atoms with Gasteiger partial charge in [0, 0.05) is 6.04 Å². The van der Waals surface area contributed by atoms with Gasteiger partial charge in [0.05, 0.1) is 11.9 Å². The van der Waals surface area contributed by atoms with Crippen molar-refractivity contribution in [2.75, 3.05) is 26.2 Å². The van der Waals surface area contributed by atoms with Crippen molar-refractivity contribution in [3.05, 3.63) is 29.8 Å². The minimum atomic E-state index is -0.270. The number of nitrogens with one attached hydrogen (secondary N) is 1. The Labute approximate surface area is 121 Å². The van der Waals surface area contributed by atoms with Crippen LogP contribution >= 0.6 is 0 Å². The first-order chi connectivity index (χ1) is 9.79. The van der Waals surface area contributed by atoms with Crippen LogP contribution in [-0.2, 0) is 0 Å². The molecule has 1 N–H and O–H groups in total. The van der Waals surface area contributed by atoms with E-state index in [1.807, 2.05) is 0 Å². The van der Waals surface area contributed by atoms with E-state index in [2.05, 4.69) is 22.1 Å². The fourth-order valence-electron chi connectivity index (χ4n) is 2.81. The first kappa shape index (κ1) is 15.4. The molecule has 1 aromatic rings. The van der Waals surface area contributed by atoms with Crippen LogP contribution in [0.25, 0.3) is 0 Å². The smallest absolute Gasteiger partial charge is 0.141 e. The van der Waals surface area contributed by atoms with E-state index in [-0.39, 0.29) is 11.9 Å². The Morgan fingerprint density at radius 1 is 1.30 bits per heavy atom.